The molecule has 1 aromatic rings. The Morgan fingerprint density at radius 1 is 1.25 bits per heavy atom. The highest BCUT2D eigenvalue weighted by Crippen LogP contribution is 2.36. The van der Waals surface area contributed by atoms with E-state index in [1.807, 2.05) is 0 Å². The Bertz CT molecular complexity index is 394. The Kier molecular flexibility index (Phi) is 5.58. The lowest BCUT2D eigenvalue weighted by atomic mass is 9.80. The molecule has 1 aliphatic rings. The summed E-state index contributed by atoms with van der Waals surface area (Å²) >= 11 is 0. The first-order valence-electron chi connectivity index (χ1n) is 8.19. The van der Waals surface area contributed by atoms with Gasteiger partial charge >= 0.3 is 0 Å². The van der Waals surface area contributed by atoms with E-state index in [2.05, 4.69) is 30.9 Å². The summed E-state index contributed by atoms with van der Waals surface area (Å²) < 4.78 is 5.37. The summed E-state index contributed by atoms with van der Waals surface area (Å²) in [5.74, 6) is 3.43. The van der Waals surface area contributed by atoms with E-state index in [-0.39, 0.29) is 6.04 Å². The van der Waals surface area contributed by atoms with Gasteiger partial charge in [-0.15, -0.1) is 0 Å². The van der Waals surface area contributed by atoms with E-state index in [4.69, 9.17) is 10.3 Å². The first-order chi connectivity index (χ1) is 9.60. The van der Waals surface area contributed by atoms with Gasteiger partial charge in [0.05, 0.1) is 6.04 Å². The van der Waals surface area contributed by atoms with Gasteiger partial charge in [0.15, 0.2) is 5.82 Å². The molecular weight excluding hydrogens is 250 g/mol. The molecule has 4 nitrogen and oxygen atoms in total. The van der Waals surface area contributed by atoms with Gasteiger partial charge in [-0.25, -0.2) is 0 Å². The minimum Gasteiger partial charge on any atom is -0.338 e. The molecule has 4 heteroatoms. The predicted octanol–water partition coefficient (Wildman–Crippen LogP) is 4.19. The van der Waals surface area contributed by atoms with Crippen molar-refractivity contribution in [2.45, 2.75) is 77.7 Å². The van der Waals surface area contributed by atoms with Crippen molar-refractivity contribution >= 4 is 0 Å². The van der Waals surface area contributed by atoms with E-state index in [9.17, 15) is 0 Å². The van der Waals surface area contributed by atoms with Crippen LogP contribution in [0.1, 0.15) is 89.4 Å². The third-order valence-electron chi connectivity index (χ3n) is 4.41. The molecule has 0 aromatic carbocycles. The summed E-state index contributed by atoms with van der Waals surface area (Å²) in [5, 5.41) is 4.17. The third kappa shape index (κ3) is 4.05. The average Bonchev–Trinajstić information content (AvgIpc) is 2.89. The molecule has 0 aliphatic heterocycles. The van der Waals surface area contributed by atoms with Crippen molar-refractivity contribution in [2.24, 2.45) is 17.6 Å². The maximum Gasteiger partial charge on any atom is 0.243 e. The van der Waals surface area contributed by atoms with Crippen molar-refractivity contribution < 1.29 is 4.52 Å². The molecule has 0 bridgehead atoms. The van der Waals surface area contributed by atoms with E-state index in [1.54, 1.807) is 0 Å². The lowest BCUT2D eigenvalue weighted by Gasteiger charge is -2.26. The molecule has 1 atom stereocenters. The van der Waals surface area contributed by atoms with Gasteiger partial charge in [-0.1, -0.05) is 38.8 Å². The van der Waals surface area contributed by atoms with Gasteiger partial charge in [0.25, 0.3) is 0 Å². The van der Waals surface area contributed by atoms with Crippen LogP contribution in [0.4, 0.5) is 0 Å². The molecule has 0 radical (unpaired) electrons. The van der Waals surface area contributed by atoms with Gasteiger partial charge in [0.2, 0.25) is 5.89 Å². The van der Waals surface area contributed by atoms with Crippen LogP contribution in [0.15, 0.2) is 4.52 Å². The molecule has 2 N–H and O–H groups in total. The Balaban J connectivity index is 1.89. The van der Waals surface area contributed by atoms with Crippen molar-refractivity contribution in [2.75, 3.05) is 0 Å². The zero-order valence-corrected chi connectivity index (χ0v) is 13.1. The molecule has 1 fully saturated rings. The van der Waals surface area contributed by atoms with E-state index < -0.39 is 0 Å². The molecule has 1 saturated carbocycles. The van der Waals surface area contributed by atoms with Crippen molar-refractivity contribution in [3.05, 3.63) is 11.7 Å². The summed E-state index contributed by atoms with van der Waals surface area (Å²) in [6.45, 7) is 6.59. The van der Waals surface area contributed by atoms with Crippen LogP contribution in [0.25, 0.3) is 0 Å². The van der Waals surface area contributed by atoms with Crippen LogP contribution in [0, 0.1) is 11.8 Å². The minimum absolute atomic E-state index is 0.118. The van der Waals surface area contributed by atoms with Crippen molar-refractivity contribution in [3.8, 4) is 0 Å². The highest BCUT2D eigenvalue weighted by molar-refractivity contribution is 5.00. The van der Waals surface area contributed by atoms with Crippen LogP contribution in [0.3, 0.4) is 0 Å². The van der Waals surface area contributed by atoms with Gasteiger partial charge in [0, 0.05) is 5.92 Å². The first kappa shape index (κ1) is 15.5. The number of hydrogen-bond donors (Lipinski definition) is 1. The summed E-state index contributed by atoms with van der Waals surface area (Å²) in [4.78, 5) is 4.56. The summed E-state index contributed by atoms with van der Waals surface area (Å²) in [6.07, 6.45) is 8.56. The Hall–Kier alpha value is -0.900. The molecule has 1 heterocycles. The topological polar surface area (TPSA) is 64.9 Å². The van der Waals surface area contributed by atoms with Gasteiger partial charge in [0.1, 0.15) is 0 Å². The Morgan fingerprint density at radius 3 is 2.55 bits per heavy atom. The van der Waals surface area contributed by atoms with Gasteiger partial charge < -0.3 is 10.3 Å². The molecule has 1 aliphatic carbocycles. The number of aromatic nitrogens is 2. The summed E-state index contributed by atoms with van der Waals surface area (Å²) in [7, 11) is 0. The molecule has 0 amide bonds. The molecule has 0 saturated heterocycles. The van der Waals surface area contributed by atoms with Crippen LogP contribution in [0.5, 0.6) is 0 Å². The van der Waals surface area contributed by atoms with Crippen LogP contribution in [-0.4, -0.2) is 10.1 Å². The zero-order valence-electron chi connectivity index (χ0n) is 13.1. The second-order valence-corrected chi connectivity index (χ2v) is 6.73. The maximum absolute atomic E-state index is 6.10. The normalized spacial score (nSPS) is 25.1. The van der Waals surface area contributed by atoms with Crippen LogP contribution >= 0.6 is 0 Å². The summed E-state index contributed by atoms with van der Waals surface area (Å²) in [6, 6.07) is -0.118. The molecule has 20 heavy (non-hydrogen) atoms. The zero-order chi connectivity index (χ0) is 14.5. The second kappa shape index (κ2) is 7.21. The lowest BCUT2D eigenvalue weighted by molar-refractivity contribution is 0.292. The number of hydrogen-bond acceptors (Lipinski definition) is 4. The predicted molar refractivity (Wildman–Crippen MR) is 80.3 cm³/mol. The fourth-order valence-corrected chi connectivity index (χ4v) is 3.29. The number of nitrogens with two attached hydrogens (primary N) is 1. The first-order valence-corrected chi connectivity index (χ1v) is 8.19. The van der Waals surface area contributed by atoms with Crippen molar-refractivity contribution in [3.63, 3.8) is 0 Å². The van der Waals surface area contributed by atoms with E-state index in [0.717, 1.165) is 18.2 Å². The standard InChI is InChI=1S/C16H29N3O/c1-4-5-12-6-8-13(9-7-12)15-18-16(20-19-15)14(17)10-11(2)3/h11-14H,4-10,17H2,1-3H3/t12?,13?,14-/m0/s1. The monoisotopic (exact) mass is 279 g/mol. The minimum atomic E-state index is -0.118. The number of nitrogens with zero attached hydrogens (tertiary/aromatic N) is 2. The summed E-state index contributed by atoms with van der Waals surface area (Å²) in [5.41, 5.74) is 6.10. The van der Waals surface area contributed by atoms with Gasteiger partial charge in [-0.05, 0) is 43.9 Å². The second-order valence-electron chi connectivity index (χ2n) is 6.73. The largest absolute Gasteiger partial charge is 0.338 e. The smallest absolute Gasteiger partial charge is 0.243 e. The van der Waals surface area contributed by atoms with Crippen LogP contribution < -0.4 is 5.73 Å². The highest BCUT2D eigenvalue weighted by atomic mass is 16.5. The maximum atomic E-state index is 6.10. The van der Waals surface area contributed by atoms with Gasteiger partial charge in [-0.3, -0.25) is 0 Å². The molecule has 0 spiro atoms. The lowest BCUT2D eigenvalue weighted by Crippen LogP contribution is -2.15. The SMILES string of the molecule is CCCC1CCC(c2noc([C@@H](N)CC(C)C)n2)CC1. The molecular formula is C16H29N3O. The van der Waals surface area contributed by atoms with Gasteiger partial charge in [-0.2, -0.15) is 4.98 Å². The average molecular weight is 279 g/mol. The van der Waals surface area contributed by atoms with Crippen LogP contribution in [0.2, 0.25) is 0 Å². The van der Waals surface area contributed by atoms with E-state index in [0.29, 0.717) is 17.7 Å². The fourth-order valence-electron chi connectivity index (χ4n) is 3.29. The Morgan fingerprint density at radius 2 is 1.95 bits per heavy atom. The van der Waals surface area contributed by atoms with Crippen molar-refractivity contribution in [1.29, 1.82) is 0 Å². The highest BCUT2D eigenvalue weighted by Gasteiger charge is 2.26. The molecule has 114 valence electrons. The molecule has 2 rings (SSSR count). The molecule has 0 unspecified atom stereocenters. The fraction of sp³-hybridized carbons (Fsp3) is 0.875. The van der Waals surface area contributed by atoms with E-state index >= 15 is 0 Å². The number of rotatable bonds is 6. The Labute approximate surface area is 122 Å². The third-order valence-corrected chi connectivity index (χ3v) is 4.41. The van der Waals surface area contributed by atoms with E-state index in [1.165, 1.54) is 38.5 Å². The molecule has 1 aromatic heterocycles. The quantitative estimate of drug-likeness (QED) is 0.848. The van der Waals surface area contributed by atoms with Crippen molar-refractivity contribution in [1.82, 2.24) is 10.1 Å². The van der Waals surface area contributed by atoms with Crippen LogP contribution in [-0.2, 0) is 0 Å².